The van der Waals surface area contributed by atoms with Gasteiger partial charge in [-0.05, 0) is 40.7 Å². The zero-order valence-electron chi connectivity index (χ0n) is 12.1. The van der Waals surface area contributed by atoms with E-state index in [0.29, 0.717) is 0 Å². The molecule has 6 heteroatoms. The summed E-state index contributed by atoms with van der Waals surface area (Å²) in [6.07, 6.45) is 4.82. The van der Waals surface area contributed by atoms with Crippen LogP contribution >= 0.6 is 27.3 Å². The van der Waals surface area contributed by atoms with Crippen molar-refractivity contribution in [2.24, 2.45) is 0 Å². The van der Waals surface area contributed by atoms with Crippen LogP contribution in [0.4, 0.5) is 0 Å². The van der Waals surface area contributed by atoms with Crippen LogP contribution in [0.3, 0.4) is 0 Å². The maximum atomic E-state index is 4.66. The number of imidazole rings is 1. The third kappa shape index (κ3) is 2.70. The Morgan fingerprint density at radius 1 is 1.33 bits per heavy atom. The number of hydrogen-bond acceptors (Lipinski definition) is 3. The highest BCUT2D eigenvalue weighted by molar-refractivity contribution is 9.10. The summed E-state index contributed by atoms with van der Waals surface area (Å²) in [5.74, 6) is 1.01. The first kappa shape index (κ1) is 14.5. The number of hydrogen-bond donors (Lipinski definition) is 0. The molecule has 0 aromatic carbocycles. The molecular weight excluding hydrogens is 348 g/mol. The molecule has 0 aliphatic carbocycles. The van der Waals surface area contributed by atoms with Crippen LogP contribution in [0.15, 0.2) is 34.4 Å². The highest BCUT2D eigenvalue weighted by Gasteiger charge is 2.16. The summed E-state index contributed by atoms with van der Waals surface area (Å²) in [5.41, 5.74) is 2.31. The fraction of sp³-hybridized carbons (Fsp3) is 0.333. The molecule has 0 spiro atoms. The fourth-order valence-electron chi connectivity index (χ4n) is 2.40. The van der Waals surface area contributed by atoms with Crippen LogP contribution < -0.4 is 0 Å². The lowest BCUT2D eigenvalue weighted by molar-refractivity contribution is 0.595. The van der Waals surface area contributed by atoms with E-state index < -0.39 is 0 Å². The van der Waals surface area contributed by atoms with Crippen molar-refractivity contribution < 1.29 is 0 Å². The molecule has 0 N–H and O–H groups in total. The predicted molar refractivity (Wildman–Crippen MR) is 89.6 cm³/mol. The lowest BCUT2D eigenvalue weighted by atomic mass is 10.3. The third-order valence-corrected chi connectivity index (χ3v) is 5.25. The van der Waals surface area contributed by atoms with Crippen molar-refractivity contribution in [1.29, 1.82) is 0 Å². The maximum absolute atomic E-state index is 4.66. The number of aromatic nitrogens is 4. The minimum atomic E-state index is 0.772. The summed E-state index contributed by atoms with van der Waals surface area (Å²) < 4.78 is 5.37. The second kappa shape index (κ2) is 6.15. The van der Waals surface area contributed by atoms with Crippen LogP contribution in [0.1, 0.15) is 25.2 Å². The Kier molecular flexibility index (Phi) is 4.26. The van der Waals surface area contributed by atoms with Gasteiger partial charge in [-0.2, -0.15) is 5.10 Å². The first-order valence-corrected chi connectivity index (χ1v) is 8.70. The summed E-state index contributed by atoms with van der Waals surface area (Å²) in [6, 6.07) is 4.16. The Morgan fingerprint density at radius 3 is 2.86 bits per heavy atom. The highest BCUT2D eigenvalue weighted by atomic mass is 79.9. The predicted octanol–water partition coefficient (Wildman–Crippen LogP) is 4.20. The summed E-state index contributed by atoms with van der Waals surface area (Å²) in [5, 5.41) is 6.74. The van der Waals surface area contributed by atoms with Gasteiger partial charge in [-0.3, -0.25) is 4.68 Å². The van der Waals surface area contributed by atoms with Gasteiger partial charge < -0.3 is 4.57 Å². The summed E-state index contributed by atoms with van der Waals surface area (Å²) in [4.78, 5) is 5.68. The van der Waals surface area contributed by atoms with Gasteiger partial charge in [-0.1, -0.05) is 13.0 Å². The molecule has 0 bridgehead atoms. The molecule has 0 unspecified atom stereocenters. The van der Waals surface area contributed by atoms with E-state index in [0.717, 1.165) is 35.5 Å². The Morgan fingerprint density at radius 2 is 2.19 bits per heavy atom. The van der Waals surface area contributed by atoms with Crippen molar-refractivity contribution in [3.8, 4) is 10.7 Å². The van der Waals surface area contributed by atoms with Gasteiger partial charge >= 0.3 is 0 Å². The SMILES string of the molecule is CCc1nn(CC)c(Cn2ccnc2-c2cccs2)c1Br. The Hall–Kier alpha value is -1.40. The van der Waals surface area contributed by atoms with Gasteiger partial charge in [-0.15, -0.1) is 11.3 Å². The van der Waals surface area contributed by atoms with Gasteiger partial charge in [-0.25, -0.2) is 4.98 Å². The zero-order valence-corrected chi connectivity index (χ0v) is 14.5. The third-order valence-electron chi connectivity index (χ3n) is 3.47. The molecule has 3 heterocycles. The Balaban J connectivity index is 1.98. The minimum Gasteiger partial charge on any atom is -0.324 e. The summed E-state index contributed by atoms with van der Waals surface area (Å²) in [6.45, 7) is 5.90. The van der Waals surface area contributed by atoms with Crippen LogP contribution in [0.25, 0.3) is 10.7 Å². The molecular formula is C15H17BrN4S. The monoisotopic (exact) mass is 364 g/mol. The lowest BCUT2D eigenvalue weighted by Crippen LogP contribution is -2.08. The van der Waals surface area contributed by atoms with Crippen molar-refractivity contribution in [3.63, 3.8) is 0 Å². The Bertz CT molecular complexity index is 727. The Labute approximate surface area is 136 Å². The zero-order chi connectivity index (χ0) is 14.8. The van der Waals surface area contributed by atoms with Crippen LogP contribution in [0.2, 0.25) is 0 Å². The van der Waals surface area contributed by atoms with E-state index in [1.807, 2.05) is 12.4 Å². The molecule has 3 aromatic heterocycles. The van der Waals surface area contributed by atoms with Gasteiger partial charge in [0.25, 0.3) is 0 Å². The maximum Gasteiger partial charge on any atom is 0.150 e. The molecule has 110 valence electrons. The molecule has 0 radical (unpaired) electrons. The van der Waals surface area contributed by atoms with Crippen LogP contribution in [0, 0.1) is 0 Å². The van der Waals surface area contributed by atoms with E-state index in [1.54, 1.807) is 11.3 Å². The molecule has 0 saturated heterocycles. The quantitative estimate of drug-likeness (QED) is 0.679. The van der Waals surface area contributed by atoms with E-state index in [9.17, 15) is 0 Å². The van der Waals surface area contributed by atoms with E-state index in [2.05, 4.69) is 66.6 Å². The van der Waals surface area contributed by atoms with Crippen molar-refractivity contribution >= 4 is 27.3 Å². The largest absolute Gasteiger partial charge is 0.324 e. The highest BCUT2D eigenvalue weighted by Crippen LogP contribution is 2.27. The van der Waals surface area contributed by atoms with Gasteiger partial charge in [0.2, 0.25) is 0 Å². The summed E-state index contributed by atoms with van der Waals surface area (Å²) >= 11 is 5.42. The fourth-order valence-corrected chi connectivity index (χ4v) is 3.82. The minimum absolute atomic E-state index is 0.772. The van der Waals surface area contributed by atoms with Gasteiger partial charge in [0, 0.05) is 18.9 Å². The normalized spacial score (nSPS) is 11.2. The van der Waals surface area contributed by atoms with E-state index >= 15 is 0 Å². The van der Waals surface area contributed by atoms with Crippen LogP contribution in [-0.2, 0) is 19.5 Å². The van der Waals surface area contributed by atoms with Crippen molar-refractivity contribution in [2.75, 3.05) is 0 Å². The average molecular weight is 365 g/mol. The van der Waals surface area contributed by atoms with E-state index in [-0.39, 0.29) is 0 Å². The first-order valence-electron chi connectivity index (χ1n) is 7.03. The number of aryl methyl sites for hydroxylation is 2. The molecule has 0 amide bonds. The molecule has 4 nitrogen and oxygen atoms in total. The number of rotatable bonds is 5. The molecule has 3 rings (SSSR count). The molecule has 21 heavy (non-hydrogen) atoms. The second-order valence-electron chi connectivity index (χ2n) is 4.73. The summed E-state index contributed by atoms with van der Waals surface area (Å²) in [7, 11) is 0. The van der Waals surface area contributed by atoms with Crippen LogP contribution in [-0.4, -0.2) is 19.3 Å². The van der Waals surface area contributed by atoms with Gasteiger partial charge in [0.1, 0.15) is 5.82 Å². The number of thiophene rings is 1. The van der Waals surface area contributed by atoms with Gasteiger partial charge in [0.15, 0.2) is 0 Å². The molecule has 0 fully saturated rings. The smallest absolute Gasteiger partial charge is 0.150 e. The first-order chi connectivity index (χ1) is 10.2. The standard InChI is InChI=1S/C15H17BrN4S/c1-3-11-14(16)12(20(4-2)18-11)10-19-8-7-17-15(19)13-6-5-9-21-13/h5-9H,3-4,10H2,1-2H3. The number of halogens is 1. The van der Waals surface area contributed by atoms with Crippen molar-refractivity contribution in [3.05, 3.63) is 45.8 Å². The topological polar surface area (TPSA) is 35.6 Å². The lowest BCUT2D eigenvalue weighted by Gasteiger charge is -2.09. The van der Waals surface area contributed by atoms with Gasteiger partial charge in [0.05, 0.1) is 27.3 Å². The molecule has 0 aliphatic heterocycles. The molecule has 0 saturated carbocycles. The van der Waals surface area contributed by atoms with Crippen molar-refractivity contribution in [1.82, 2.24) is 19.3 Å². The second-order valence-corrected chi connectivity index (χ2v) is 6.47. The molecule has 3 aromatic rings. The number of nitrogens with zero attached hydrogens (tertiary/aromatic N) is 4. The average Bonchev–Trinajstić information content (AvgIpc) is 3.21. The van der Waals surface area contributed by atoms with E-state index in [1.165, 1.54) is 10.6 Å². The molecule has 0 aliphatic rings. The van der Waals surface area contributed by atoms with Crippen LogP contribution in [0.5, 0.6) is 0 Å². The van der Waals surface area contributed by atoms with Crippen molar-refractivity contribution in [2.45, 2.75) is 33.4 Å². The van der Waals surface area contributed by atoms with E-state index in [4.69, 9.17) is 0 Å². The molecule has 0 atom stereocenters.